The third-order valence-corrected chi connectivity index (χ3v) is 11.4. The SMILES string of the molecule is CCOC(O)C(Cl)(Cl)Cl.N#CCl.N#COc1ccc(C(=C(Cl)Cl)c2ccc(OC#N)cc2)cc1.O=S(=O)(O)O.Oc1ccc(C(=C(Cl)Cl)c2ccc(O)cc2)cc1.Oc1ccc(C(c2ccc(O)cc2)C(Cl)(Cl)Cl)cc1.Oc1ccccc1. The van der Waals surface area contributed by atoms with Crippen LogP contribution in [-0.2, 0) is 15.1 Å². The van der Waals surface area contributed by atoms with Gasteiger partial charge in [-0.2, -0.15) is 13.7 Å². The first kappa shape index (κ1) is 75.1. The molecule has 16 nitrogen and oxygen atoms in total. The predicted molar refractivity (Wildman–Crippen MR) is 327 cm³/mol. The van der Waals surface area contributed by atoms with Crippen molar-refractivity contribution in [3.05, 3.63) is 218 Å². The molecule has 7 aromatic rings. The number of hydrogen-bond donors (Lipinski definition) is 8. The molecule has 0 bridgehead atoms. The molecule has 7 rings (SSSR count). The second-order valence-electron chi connectivity index (χ2n) is 15.2. The van der Waals surface area contributed by atoms with Crippen LogP contribution in [0.3, 0.4) is 0 Å². The largest absolute Gasteiger partial charge is 0.508 e. The molecular formula is C55H44Cl11N3O13S. The molecule has 0 radical (unpaired) electrons. The standard InChI is InChI=1S/C16H8Cl2N2O2.C14H11Cl3O2.C14H10Cl2O2.C6H6O.C4H7Cl3O2.CClN.H2O4S/c17-16(18)15(11-1-5-13(6-2-11)21-9-19)12-3-7-14(8-4-12)22-10-20;15-14(16,17)13(9-1-5-11(18)6-2-9)10-3-7-12(19)8-4-10;15-14(16)13(9-1-5-11(17)6-2-9)10-3-7-12(18)8-4-10;7-6-4-2-1-3-5-6;1-2-9-3(8)4(5,6)7;2-1-3;1-5(2,3)4/h1-8H;1-8,13,18-19H;1-8,17-18H;1-5,7H;3,8H,2H2,1H3;;(H2,1,2,3,4). The Kier molecular flexibility index (Phi) is 35.1. The van der Waals surface area contributed by atoms with E-state index in [0.717, 1.165) is 33.4 Å². The first-order chi connectivity index (χ1) is 38.9. The number of alkyl halides is 6. The Morgan fingerprint density at radius 2 is 0.735 bits per heavy atom. The van der Waals surface area contributed by atoms with Gasteiger partial charge in [-0.25, -0.2) is 0 Å². The molecule has 0 fully saturated rings. The number of nitrogens with zero attached hydrogens (tertiary/aromatic N) is 3. The van der Waals surface area contributed by atoms with Gasteiger partial charge in [0.2, 0.25) is 13.9 Å². The average Bonchev–Trinajstić information content (AvgIpc) is 3.58. The minimum atomic E-state index is -4.67. The number of phenolic OH excluding ortho intramolecular Hbond substituents is 5. The van der Waals surface area contributed by atoms with Gasteiger partial charge in [0.1, 0.15) is 49.2 Å². The van der Waals surface area contributed by atoms with Gasteiger partial charge in [0.25, 0.3) is 12.5 Å². The Morgan fingerprint density at radius 3 is 0.928 bits per heavy atom. The van der Waals surface area contributed by atoms with E-state index >= 15 is 0 Å². The maximum atomic E-state index is 9.32. The van der Waals surface area contributed by atoms with Gasteiger partial charge in [-0.3, -0.25) is 9.11 Å². The highest BCUT2D eigenvalue weighted by Crippen LogP contribution is 2.46. The number of halogens is 11. The maximum absolute atomic E-state index is 9.32. The first-order valence-electron chi connectivity index (χ1n) is 22.4. The summed E-state index contributed by atoms with van der Waals surface area (Å²) in [5.74, 6) is 1.34. The van der Waals surface area contributed by atoms with Crippen LogP contribution in [0.1, 0.15) is 46.2 Å². The van der Waals surface area contributed by atoms with Crippen LogP contribution >= 0.6 is 128 Å². The summed E-state index contributed by atoms with van der Waals surface area (Å²) < 4.78 is 42.6. The quantitative estimate of drug-likeness (QED) is 0.0273. The van der Waals surface area contributed by atoms with E-state index in [0.29, 0.717) is 35.0 Å². The lowest BCUT2D eigenvalue weighted by Crippen LogP contribution is -2.27. The van der Waals surface area contributed by atoms with Gasteiger partial charge in [-0.15, -0.1) is 10.5 Å². The first-order valence-corrected chi connectivity index (χ1v) is 27.9. The second-order valence-corrected chi connectivity index (χ2v) is 22.9. The number of nitriles is 3. The molecule has 0 aliphatic rings. The van der Waals surface area contributed by atoms with Crippen LogP contribution in [0.5, 0.6) is 40.2 Å². The van der Waals surface area contributed by atoms with Gasteiger partial charge >= 0.3 is 10.4 Å². The Labute approximate surface area is 532 Å². The van der Waals surface area contributed by atoms with Gasteiger partial charge in [-0.05, 0) is 125 Å². The second kappa shape index (κ2) is 38.8. The van der Waals surface area contributed by atoms with E-state index in [9.17, 15) is 20.4 Å². The van der Waals surface area contributed by atoms with Crippen molar-refractivity contribution in [1.82, 2.24) is 0 Å². The molecule has 0 saturated carbocycles. The Balaban J connectivity index is 0.000000522. The molecule has 83 heavy (non-hydrogen) atoms. The highest BCUT2D eigenvalue weighted by Gasteiger charge is 2.35. The minimum Gasteiger partial charge on any atom is -0.508 e. The van der Waals surface area contributed by atoms with Crippen LogP contribution in [0.15, 0.2) is 185 Å². The molecule has 1 atom stereocenters. The van der Waals surface area contributed by atoms with Gasteiger partial charge in [0, 0.05) is 29.4 Å². The van der Waals surface area contributed by atoms with E-state index < -0.39 is 30.2 Å². The zero-order valence-electron chi connectivity index (χ0n) is 42.1. The maximum Gasteiger partial charge on any atom is 0.394 e. The predicted octanol–water partition coefficient (Wildman–Crippen LogP) is 16.7. The van der Waals surface area contributed by atoms with E-state index in [1.165, 1.54) is 5.53 Å². The van der Waals surface area contributed by atoms with Crippen molar-refractivity contribution in [2.24, 2.45) is 0 Å². The molecule has 28 heteroatoms. The van der Waals surface area contributed by atoms with E-state index in [1.54, 1.807) is 189 Å². The number of para-hydroxylation sites is 1. The molecule has 0 heterocycles. The minimum absolute atomic E-state index is 0.0999. The van der Waals surface area contributed by atoms with E-state index in [2.05, 4.69) is 16.3 Å². The number of aromatic hydroxyl groups is 5. The fourth-order valence-electron chi connectivity index (χ4n) is 6.09. The van der Waals surface area contributed by atoms with Crippen LogP contribution in [-0.4, -0.2) is 68.6 Å². The summed E-state index contributed by atoms with van der Waals surface area (Å²) in [6.07, 6.45) is 1.86. The van der Waals surface area contributed by atoms with Crippen LogP contribution in [0, 0.1) is 33.8 Å². The van der Waals surface area contributed by atoms with Gasteiger partial charge in [0.05, 0.1) is 5.92 Å². The monoisotopic (exact) mass is 1370 g/mol. The molecule has 0 aliphatic carbocycles. The fraction of sp³-hybridized carbons (Fsp3) is 0.109. The lowest BCUT2D eigenvalue weighted by Gasteiger charge is -2.25. The molecule has 440 valence electrons. The Bertz CT molecular complexity index is 3170. The van der Waals surface area contributed by atoms with E-state index in [1.807, 2.05) is 6.07 Å². The molecule has 0 aliphatic heterocycles. The van der Waals surface area contributed by atoms with Crippen molar-refractivity contribution < 1.29 is 62.4 Å². The van der Waals surface area contributed by atoms with Gasteiger partial charge < -0.3 is 44.8 Å². The average molecular weight is 1380 g/mol. The normalized spacial score (nSPS) is 10.6. The van der Waals surface area contributed by atoms with Crippen molar-refractivity contribution in [3.63, 3.8) is 0 Å². The summed E-state index contributed by atoms with van der Waals surface area (Å²) in [5, 5.41) is 78.6. The summed E-state index contributed by atoms with van der Waals surface area (Å²) in [7, 11) is -4.67. The highest BCUT2D eigenvalue weighted by molar-refractivity contribution is 7.79. The smallest absolute Gasteiger partial charge is 0.394 e. The van der Waals surface area contributed by atoms with E-state index in [4.69, 9.17) is 169 Å². The lowest BCUT2D eigenvalue weighted by atomic mass is 9.92. The van der Waals surface area contributed by atoms with Gasteiger partial charge in [-0.1, -0.05) is 207 Å². The third kappa shape index (κ3) is 31.5. The molecule has 1 unspecified atom stereocenters. The number of ether oxygens (including phenoxy) is 3. The van der Waals surface area contributed by atoms with Crippen LogP contribution < -0.4 is 9.47 Å². The van der Waals surface area contributed by atoms with Crippen LogP contribution in [0.25, 0.3) is 11.1 Å². The summed E-state index contributed by atoms with van der Waals surface area (Å²) in [6, 6.07) is 48.4. The third-order valence-electron chi connectivity index (χ3n) is 9.44. The summed E-state index contributed by atoms with van der Waals surface area (Å²) >= 11 is 61.9. The summed E-state index contributed by atoms with van der Waals surface area (Å²) in [4.78, 5) is 0. The number of aliphatic hydroxyl groups is 1. The van der Waals surface area contributed by atoms with Crippen molar-refractivity contribution in [2.45, 2.75) is 26.7 Å². The highest BCUT2D eigenvalue weighted by atomic mass is 35.6. The number of benzene rings is 7. The number of hydrogen-bond acceptors (Lipinski definition) is 14. The molecule has 0 aromatic heterocycles. The van der Waals surface area contributed by atoms with Crippen LogP contribution in [0.2, 0.25) is 0 Å². The summed E-state index contributed by atoms with van der Waals surface area (Å²) in [6.45, 7) is 2.01. The molecular weight excluding hydrogens is 1330 g/mol. The van der Waals surface area contributed by atoms with Crippen molar-refractivity contribution >= 4 is 149 Å². The Morgan fingerprint density at radius 1 is 0.482 bits per heavy atom. The van der Waals surface area contributed by atoms with Crippen LogP contribution in [0.4, 0.5) is 0 Å². The molecule has 7 aromatic carbocycles. The number of rotatable bonds is 10. The van der Waals surface area contributed by atoms with Gasteiger partial charge in [0.15, 0.2) is 5.53 Å². The molecule has 0 spiro atoms. The number of phenols is 5. The molecule has 0 amide bonds. The lowest BCUT2D eigenvalue weighted by molar-refractivity contribution is -0.0906. The number of aliphatic hydroxyl groups excluding tert-OH is 1. The Hall–Kier alpha value is -5.93. The fourth-order valence-corrected chi connectivity index (χ4v) is 7.91. The van der Waals surface area contributed by atoms with Crippen molar-refractivity contribution in [3.8, 4) is 58.3 Å². The topological polar surface area (TPSA) is 295 Å². The molecule has 8 N–H and O–H groups in total. The van der Waals surface area contributed by atoms with Crippen molar-refractivity contribution in [2.75, 3.05) is 6.61 Å². The zero-order valence-corrected chi connectivity index (χ0v) is 51.3. The summed E-state index contributed by atoms with van der Waals surface area (Å²) in [5.41, 5.74) is 7.14. The zero-order chi connectivity index (χ0) is 62.9. The molecule has 0 saturated heterocycles. The van der Waals surface area contributed by atoms with Crippen molar-refractivity contribution in [1.29, 1.82) is 15.8 Å². The van der Waals surface area contributed by atoms with E-state index in [-0.39, 0.29) is 32.0 Å².